The Hall–Kier alpha value is -2.01. The molecular formula is C15H13BrN2O2. The Kier molecular flexibility index (Phi) is 3.14. The van der Waals surface area contributed by atoms with Crippen molar-refractivity contribution < 1.29 is 9.15 Å². The lowest BCUT2D eigenvalue weighted by Gasteiger charge is -2.03. The molecule has 4 nitrogen and oxygen atoms in total. The van der Waals surface area contributed by atoms with Crippen molar-refractivity contribution in [3.8, 4) is 17.2 Å². The number of oxazole rings is 1. The number of halogens is 1. The third kappa shape index (κ3) is 2.14. The molecule has 0 aliphatic heterocycles. The fourth-order valence-electron chi connectivity index (χ4n) is 2.13. The average molecular weight is 333 g/mol. The van der Waals surface area contributed by atoms with Gasteiger partial charge in [-0.3, -0.25) is 0 Å². The third-order valence-corrected chi connectivity index (χ3v) is 3.68. The number of nitrogen functional groups attached to an aromatic ring is 1. The van der Waals surface area contributed by atoms with Gasteiger partial charge >= 0.3 is 0 Å². The molecule has 0 amide bonds. The number of hydrogen-bond donors (Lipinski definition) is 1. The summed E-state index contributed by atoms with van der Waals surface area (Å²) in [5, 5.41) is 0. The fraction of sp³-hybridized carbons (Fsp3) is 0.133. The van der Waals surface area contributed by atoms with Crippen molar-refractivity contribution in [3.05, 3.63) is 40.4 Å². The molecule has 2 aromatic carbocycles. The van der Waals surface area contributed by atoms with Crippen LogP contribution in [-0.4, -0.2) is 12.1 Å². The lowest BCUT2D eigenvalue weighted by atomic mass is 10.2. The zero-order valence-electron chi connectivity index (χ0n) is 11.1. The number of benzene rings is 2. The minimum atomic E-state index is 0.542. The lowest BCUT2D eigenvalue weighted by Crippen LogP contribution is -1.86. The molecule has 0 aliphatic rings. The van der Waals surface area contributed by atoms with E-state index in [9.17, 15) is 0 Å². The first kappa shape index (κ1) is 13.0. The fourth-order valence-corrected chi connectivity index (χ4v) is 2.67. The highest BCUT2D eigenvalue weighted by molar-refractivity contribution is 9.10. The topological polar surface area (TPSA) is 61.3 Å². The number of nitrogens with zero attached hydrogens (tertiary/aromatic N) is 1. The van der Waals surface area contributed by atoms with Crippen LogP contribution in [-0.2, 0) is 0 Å². The Balaban J connectivity index is 2.15. The Labute approximate surface area is 124 Å². The van der Waals surface area contributed by atoms with E-state index >= 15 is 0 Å². The summed E-state index contributed by atoms with van der Waals surface area (Å²) in [6.45, 7) is 1.98. The number of hydrogen-bond acceptors (Lipinski definition) is 4. The Morgan fingerprint density at radius 2 is 2.05 bits per heavy atom. The van der Waals surface area contributed by atoms with Gasteiger partial charge in [-0.25, -0.2) is 4.98 Å². The molecule has 2 N–H and O–H groups in total. The third-order valence-electron chi connectivity index (χ3n) is 3.06. The highest BCUT2D eigenvalue weighted by Crippen LogP contribution is 2.33. The van der Waals surface area contributed by atoms with Crippen molar-refractivity contribution in [3.63, 3.8) is 0 Å². The van der Waals surface area contributed by atoms with Crippen LogP contribution >= 0.6 is 15.9 Å². The van der Waals surface area contributed by atoms with Crippen molar-refractivity contribution >= 4 is 32.7 Å². The maximum Gasteiger partial charge on any atom is 0.227 e. The Bertz CT molecular complexity index is 796. The number of aromatic nitrogens is 1. The van der Waals surface area contributed by atoms with Gasteiger partial charge in [0.1, 0.15) is 11.3 Å². The van der Waals surface area contributed by atoms with Gasteiger partial charge in [0.25, 0.3) is 0 Å². The summed E-state index contributed by atoms with van der Waals surface area (Å²) in [6.07, 6.45) is 0. The minimum Gasteiger partial charge on any atom is -0.496 e. The zero-order valence-corrected chi connectivity index (χ0v) is 12.7. The van der Waals surface area contributed by atoms with Crippen LogP contribution in [0.2, 0.25) is 0 Å². The van der Waals surface area contributed by atoms with Gasteiger partial charge in [-0.15, -0.1) is 0 Å². The Morgan fingerprint density at radius 3 is 2.75 bits per heavy atom. The predicted molar refractivity (Wildman–Crippen MR) is 82.8 cm³/mol. The maximum absolute atomic E-state index is 5.96. The number of fused-ring (bicyclic) bond motifs is 1. The highest BCUT2D eigenvalue weighted by atomic mass is 79.9. The number of rotatable bonds is 2. The number of ether oxygens (including phenoxy) is 1. The van der Waals surface area contributed by atoms with Gasteiger partial charge in [-0.05, 0) is 58.7 Å². The number of methoxy groups -OCH3 is 1. The second-order valence-corrected chi connectivity index (χ2v) is 5.43. The van der Waals surface area contributed by atoms with Crippen LogP contribution < -0.4 is 10.5 Å². The molecule has 0 unspecified atom stereocenters. The van der Waals surface area contributed by atoms with Gasteiger partial charge in [-0.1, -0.05) is 0 Å². The lowest BCUT2D eigenvalue weighted by molar-refractivity contribution is 0.412. The van der Waals surface area contributed by atoms with Crippen LogP contribution in [0, 0.1) is 6.92 Å². The van der Waals surface area contributed by atoms with Crippen LogP contribution in [0.4, 0.5) is 5.69 Å². The number of aryl methyl sites for hydroxylation is 1. The first-order valence-electron chi connectivity index (χ1n) is 6.09. The first-order valence-corrected chi connectivity index (χ1v) is 6.88. The molecule has 20 heavy (non-hydrogen) atoms. The van der Waals surface area contributed by atoms with E-state index in [0.717, 1.165) is 26.9 Å². The van der Waals surface area contributed by atoms with Crippen molar-refractivity contribution in [1.82, 2.24) is 4.98 Å². The number of anilines is 1. The average Bonchev–Trinajstić information content (AvgIpc) is 2.82. The van der Waals surface area contributed by atoms with Gasteiger partial charge in [0.15, 0.2) is 5.58 Å². The van der Waals surface area contributed by atoms with Crippen LogP contribution in [0.15, 0.2) is 39.2 Å². The van der Waals surface area contributed by atoms with E-state index in [1.807, 2.05) is 37.3 Å². The van der Waals surface area contributed by atoms with Crippen molar-refractivity contribution in [2.75, 3.05) is 12.8 Å². The quantitative estimate of drug-likeness (QED) is 0.716. The first-order chi connectivity index (χ1) is 9.58. The summed E-state index contributed by atoms with van der Waals surface area (Å²) in [5.41, 5.74) is 9.88. The van der Waals surface area contributed by atoms with Crippen LogP contribution in [0.3, 0.4) is 0 Å². The van der Waals surface area contributed by atoms with Crippen molar-refractivity contribution in [2.45, 2.75) is 6.92 Å². The normalized spacial score (nSPS) is 10.9. The molecule has 0 bridgehead atoms. The van der Waals surface area contributed by atoms with Crippen LogP contribution in [0.5, 0.6) is 5.75 Å². The second kappa shape index (κ2) is 4.83. The summed E-state index contributed by atoms with van der Waals surface area (Å²) in [4.78, 5) is 4.49. The molecule has 102 valence electrons. The monoisotopic (exact) mass is 332 g/mol. The molecule has 5 heteroatoms. The summed E-state index contributed by atoms with van der Waals surface area (Å²) < 4.78 is 11.8. The summed E-state index contributed by atoms with van der Waals surface area (Å²) in [6, 6.07) is 9.51. The molecule has 0 saturated carbocycles. The molecule has 3 rings (SSSR count). The summed E-state index contributed by atoms with van der Waals surface area (Å²) in [7, 11) is 1.63. The molecule has 0 radical (unpaired) electrons. The SMILES string of the molecule is COc1ccc(-c2nc3cc(C)cc(N)c3o2)cc1Br. The van der Waals surface area contributed by atoms with E-state index in [1.165, 1.54) is 0 Å². The number of nitrogens with two attached hydrogens (primary N) is 1. The van der Waals surface area contributed by atoms with Crippen LogP contribution in [0.25, 0.3) is 22.6 Å². The highest BCUT2D eigenvalue weighted by Gasteiger charge is 2.12. The molecule has 0 aliphatic carbocycles. The van der Waals surface area contributed by atoms with E-state index < -0.39 is 0 Å². The predicted octanol–water partition coefficient (Wildman–Crippen LogP) is 4.16. The largest absolute Gasteiger partial charge is 0.496 e. The summed E-state index contributed by atoms with van der Waals surface area (Å²) >= 11 is 3.46. The van der Waals surface area contributed by atoms with E-state index in [4.69, 9.17) is 14.9 Å². The molecule has 1 heterocycles. The smallest absolute Gasteiger partial charge is 0.227 e. The van der Waals surface area contributed by atoms with Gasteiger partial charge in [0.05, 0.1) is 17.3 Å². The van der Waals surface area contributed by atoms with Crippen molar-refractivity contribution in [2.24, 2.45) is 0 Å². The minimum absolute atomic E-state index is 0.542. The van der Waals surface area contributed by atoms with Crippen molar-refractivity contribution in [1.29, 1.82) is 0 Å². The standard InChI is InChI=1S/C15H13BrN2O2/c1-8-5-11(17)14-12(6-8)18-15(20-14)9-3-4-13(19-2)10(16)7-9/h3-7H,17H2,1-2H3. The molecule has 0 spiro atoms. The Morgan fingerprint density at radius 1 is 1.25 bits per heavy atom. The van der Waals surface area contributed by atoms with E-state index in [1.54, 1.807) is 7.11 Å². The zero-order chi connectivity index (χ0) is 14.3. The van der Waals surface area contributed by atoms with Gasteiger partial charge < -0.3 is 14.9 Å². The molecule has 0 atom stereocenters. The van der Waals surface area contributed by atoms with Gasteiger partial charge in [0.2, 0.25) is 5.89 Å². The molecule has 1 aromatic heterocycles. The molecule has 0 saturated heterocycles. The molecule has 3 aromatic rings. The van der Waals surface area contributed by atoms with E-state index in [0.29, 0.717) is 17.2 Å². The second-order valence-electron chi connectivity index (χ2n) is 4.57. The maximum atomic E-state index is 5.96. The van der Waals surface area contributed by atoms with Gasteiger partial charge in [-0.2, -0.15) is 0 Å². The molecular weight excluding hydrogens is 320 g/mol. The van der Waals surface area contributed by atoms with Crippen LogP contribution in [0.1, 0.15) is 5.56 Å². The summed E-state index contributed by atoms with van der Waals surface area (Å²) in [5.74, 6) is 1.31. The molecule has 0 fully saturated rings. The van der Waals surface area contributed by atoms with E-state index in [-0.39, 0.29) is 0 Å². The van der Waals surface area contributed by atoms with Gasteiger partial charge in [0, 0.05) is 5.56 Å². The van der Waals surface area contributed by atoms with E-state index in [2.05, 4.69) is 20.9 Å².